The minimum atomic E-state index is -0.303. The van der Waals surface area contributed by atoms with Crippen molar-refractivity contribution in [2.75, 3.05) is 13.6 Å². The number of amides is 1. The van der Waals surface area contributed by atoms with Gasteiger partial charge in [-0.15, -0.1) is 0 Å². The van der Waals surface area contributed by atoms with Crippen molar-refractivity contribution in [3.05, 3.63) is 18.0 Å². The van der Waals surface area contributed by atoms with Gasteiger partial charge in [-0.2, -0.15) is 5.10 Å². The zero-order valence-electron chi connectivity index (χ0n) is 12.3. The first-order chi connectivity index (χ1) is 9.67. The molecule has 2 bridgehead atoms. The van der Waals surface area contributed by atoms with Crippen LogP contribution in [0.2, 0.25) is 0 Å². The standard InChI is InChI=1S/C15H24N4O/c1-16-14(13-8-18-19(2)9-13)15(20)17-7-12-6-10-3-4-11(12)5-10/h8-12,14,16H,3-7H2,1-2H3,(H,17,20). The van der Waals surface area contributed by atoms with Crippen molar-refractivity contribution in [2.24, 2.45) is 24.8 Å². The lowest BCUT2D eigenvalue weighted by Crippen LogP contribution is -2.39. The number of nitrogens with zero attached hydrogens (tertiary/aromatic N) is 2. The quantitative estimate of drug-likeness (QED) is 0.850. The lowest BCUT2D eigenvalue weighted by molar-refractivity contribution is -0.123. The number of carbonyl (C=O) groups is 1. The van der Waals surface area contributed by atoms with Gasteiger partial charge in [0.1, 0.15) is 6.04 Å². The second-order valence-corrected chi connectivity index (χ2v) is 6.35. The van der Waals surface area contributed by atoms with E-state index in [1.54, 1.807) is 10.9 Å². The molecule has 1 aromatic rings. The summed E-state index contributed by atoms with van der Waals surface area (Å²) in [6.45, 7) is 0.832. The van der Waals surface area contributed by atoms with Crippen LogP contribution in [0.15, 0.2) is 12.4 Å². The van der Waals surface area contributed by atoms with Crippen LogP contribution in [0.5, 0.6) is 0 Å². The summed E-state index contributed by atoms with van der Waals surface area (Å²) >= 11 is 0. The molecule has 0 radical (unpaired) electrons. The Hall–Kier alpha value is -1.36. The minimum absolute atomic E-state index is 0.0586. The Morgan fingerprint density at radius 3 is 2.90 bits per heavy atom. The fourth-order valence-corrected chi connectivity index (χ4v) is 4.00. The molecule has 0 saturated heterocycles. The molecule has 1 heterocycles. The molecule has 5 heteroatoms. The number of hydrogen-bond donors (Lipinski definition) is 2. The number of carbonyl (C=O) groups excluding carboxylic acids is 1. The molecule has 2 saturated carbocycles. The fraction of sp³-hybridized carbons (Fsp3) is 0.733. The van der Waals surface area contributed by atoms with E-state index >= 15 is 0 Å². The van der Waals surface area contributed by atoms with Gasteiger partial charge < -0.3 is 10.6 Å². The topological polar surface area (TPSA) is 59.0 Å². The van der Waals surface area contributed by atoms with Crippen molar-refractivity contribution < 1.29 is 4.79 Å². The van der Waals surface area contributed by atoms with Crippen LogP contribution in [0.4, 0.5) is 0 Å². The van der Waals surface area contributed by atoms with Crippen molar-refractivity contribution in [3.63, 3.8) is 0 Å². The summed E-state index contributed by atoms with van der Waals surface area (Å²) in [5.41, 5.74) is 0.917. The summed E-state index contributed by atoms with van der Waals surface area (Å²) in [4.78, 5) is 12.3. The molecule has 2 N–H and O–H groups in total. The minimum Gasteiger partial charge on any atom is -0.354 e. The van der Waals surface area contributed by atoms with Gasteiger partial charge in [-0.1, -0.05) is 6.42 Å². The number of likely N-dealkylation sites (N-methyl/N-ethyl adjacent to an activating group) is 1. The molecule has 1 amide bonds. The average molecular weight is 276 g/mol. The smallest absolute Gasteiger partial charge is 0.241 e. The molecule has 2 aliphatic rings. The summed E-state index contributed by atoms with van der Waals surface area (Å²) in [5, 5.41) is 10.3. The number of nitrogens with one attached hydrogen (secondary N) is 2. The Balaban J connectivity index is 1.55. The molecule has 2 fully saturated rings. The Morgan fingerprint density at radius 1 is 1.50 bits per heavy atom. The molecule has 0 spiro atoms. The molecule has 110 valence electrons. The highest BCUT2D eigenvalue weighted by molar-refractivity contribution is 5.83. The van der Waals surface area contributed by atoms with Gasteiger partial charge in [0.2, 0.25) is 5.91 Å². The molecule has 4 unspecified atom stereocenters. The Labute approximate surface area is 120 Å². The predicted molar refractivity (Wildman–Crippen MR) is 77.0 cm³/mol. The third-order valence-electron chi connectivity index (χ3n) is 5.03. The first-order valence-electron chi connectivity index (χ1n) is 7.61. The van der Waals surface area contributed by atoms with E-state index < -0.39 is 0 Å². The van der Waals surface area contributed by atoms with Gasteiger partial charge in [-0.3, -0.25) is 9.48 Å². The van der Waals surface area contributed by atoms with Crippen molar-refractivity contribution in [1.29, 1.82) is 0 Å². The zero-order chi connectivity index (χ0) is 14.1. The van der Waals surface area contributed by atoms with Crippen LogP contribution in [0, 0.1) is 17.8 Å². The monoisotopic (exact) mass is 276 g/mol. The highest BCUT2D eigenvalue weighted by Crippen LogP contribution is 2.47. The number of rotatable bonds is 5. The van der Waals surface area contributed by atoms with E-state index in [0.29, 0.717) is 5.92 Å². The van der Waals surface area contributed by atoms with Crippen molar-refractivity contribution in [3.8, 4) is 0 Å². The first-order valence-corrected chi connectivity index (χ1v) is 7.61. The van der Waals surface area contributed by atoms with Crippen LogP contribution in [0.3, 0.4) is 0 Å². The third kappa shape index (κ3) is 2.59. The third-order valence-corrected chi connectivity index (χ3v) is 5.03. The lowest BCUT2D eigenvalue weighted by Gasteiger charge is -2.23. The molecule has 5 nitrogen and oxygen atoms in total. The maximum atomic E-state index is 12.3. The van der Waals surface area contributed by atoms with E-state index in [2.05, 4.69) is 15.7 Å². The Kier molecular flexibility index (Phi) is 3.78. The van der Waals surface area contributed by atoms with Crippen LogP contribution in [0.1, 0.15) is 37.3 Å². The van der Waals surface area contributed by atoms with E-state index in [1.165, 1.54) is 25.7 Å². The number of aryl methyl sites for hydroxylation is 1. The summed E-state index contributed by atoms with van der Waals surface area (Å²) in [5.74, 6) is 2.54. The van der Waals surface area contributed by atoms with E-state index in [9.17, 15) is 4.79 Å². The SMILES string of the molecule is CNC(C(=O)NCC1CC2CCC1C2)c1cnn(C)c1. The highest BCUT2D eigenvalue weighted by atomic mass is 16.2. The van der Waals surface area contributed by atoms with E-state index in [1.807, 2.05) is 20.3 Å². The van der Waals surface area contributed by atoms with Crippen LogP contribution < -0.4 is 10.6 Å². The number of hydrogen-bond acceptors (Lipinski definition) is 3. The van der Waals surface area contributed by atoms with Crippen molar-refractivity contribution in [2.45, 2.75) is 31.7 Å². The van der Waals surface area contributed by atoms with Gasteiger partial charge in [0, 0.05) is 25.4 Å². The van der Waals surface area contributed by atoms with Crippen LogP contribution in [0.25, 0.3) is 0 Å². The first kappa shape index (κ1) is 13.6. The molecular formula is C15H24N4O. The van der Waals surface area contributed by atoms with Crippen LogP contribution in [-0.2, 0) is 11.8 Å². The second kappa shape index (κ2) is 5.56. The highest BCUT2D eigenvalue weighted by Gasteiger charge is 2.39. The molecule has 2 aliphatic carbocycles. The summed E-state index contributed by atoms with van der Waals surface area (Å²) < 4.78 is 1.73. The maximum absolute atomic E-state index is 12.3. The van der Waals surface area contributed by atoms with Crippen molar-refractivity contribution in [1.82, 2.24) is 20.4 Å². The number of fused-ring (bicyclic) bond motifs is 2. The number of aromatic nitrogens is 2. The van der Waals surface area contributed by atoms with Crippen LogP contribution in [-0.4, -0.2) is 29.3 Å². The summed E-state index contributed by atoms with van der Waals surface area (Å²) in [6, 6.07) is -0.303. The van der Waals surface area contributed by atoms with E-state index in [0.717, 1.165) is 23.9 Å². The molecular weight excluding hydrogens is 252 g/mol. The fourth-order valence-electron chi connectivity index (χ4n) is 4.00. The average Bonchev–Trinajstić information content (AvgIpc) is 3.14. The van der Waals surface area contributed by atoms with E-state index in [4.69, 9.17) is 0 Å². The lowest BCUT2D eigenvalue weighted by atomic mass is 9.89. The summed E-state index contributed by atoms with van der Waals surface area (Å²) in [6.07, 6.45) is 9.10. The van der Waals surface area contributed by atoms with Gasteiger partial charge in [-0.25, -0.2) is 0 Å². The van der Waals surface area contributed by atoms with Gasteiger partial charge in [0.15, 0.2) is 0 Å². The molecule has 1 aromatic heterocycles. The molecule has 3 rings (SSSR count). The predicted octanol–water partition coefficient (Wildman–Crippen LogP) is 1.23. The molecule has 4 atom stereocenters. The van der Waals surface area contributed by atoms with Crippen molar-refractivity contribution >= 4 is 5.91 Å². The Bertz CT molecular complexity index is 484. The zero-order valence-corrected chi connectivity index (χ0v) is 12.3. The normalized spacial score (nSPS) is 29.6. The largest absolute Gasteiger partial charge is 0.354 e. The second-order valence-electron chi connectivity index (χ2n) is 6.35. The van der Waals surface area contributed by atoms with Gasteiger partial charge in [-0.05, 0) is 44.1 Å². The van der Waals surface area contributed by atoms with Gasteiger partial charge in [0.25, 0.3) is 0 Å². The summed E-state index contributed by atoms with van der Waals surface area (Å²) in [7, 11) is 3.68. The van der Waals surface area contributed by atoms with Gasteiger partial charge >= 0.3 is 0 Å². The molecule has 0 aliphatic heterocycles. The maximum Gasteiger partial charge on any atom is 0.241 e. The molecule has 20 heavy (non-hydrogen) atoms. The van der Waals surface area contributed by atoms with E-state index in [-0.39, 0.29) is 11.9 Å². The van der Waals surface area contributed by atoms with Gasteiger partial charge in [0.05, 0.1) is 6.20 Å². The molecule has 0 aromatic carbocycles. The van der Waals surface area contributed by atoms with Crippen LogP contribution >= 0.6 is 0 Å². The Morgan fingerprint density at radius 2 is 2.35 bits per heavy atom.